The zero-order valence-corrected chi connectivity index (χ0v) is 12.0. The highest BCUT2D eigenvalue weighted by molar-refractivity contribution is 5.40. The van der Waals surface area contributed by atoms with Crippen LogP contribution in [-0.2, 0) is 6.42 Å². The first-order valence-electron chi connectivity index (χ1n) is 6.77. The molecule has 3 N–H and O–H groups in total. The van der Waals surface area contributed by atoms with Crippen molar-refractivity contribution in [2.24, 2.45) is 5.73 Å². The van der Waals surface area contributed by atoms with Crippen LogP contribution in [-0.4, -0.2) is 24.7 Å². The summed E-state index contributed by atoms with van der Waals surface area (Å²) in [7, 11) is 0. The molecule has 0 bridgehead atoms. The summed E-state index contributed by atoms with van der Waals surface area (Å²) >= 11 is 0. The average molecular weight is 283 g/mol. The summed E-state index contributed by atoms with van der Waals surface area (Å²) in [5.74, 6) is 1.77. The standard InChI is InChI=1S/C15H17N5O/c1-9-7-14-18-19-15(20(14)10(2)17-9)13(16)8-11-3-5-12(21)6-4-11/h3-7,13,21H,8,16H2,1-2H3. The van der Waals surface area contributed by atoms with Crippen LogP contribution in [0, 0.1) is 13.8 Å². The molecule has 1 unspecified atom stereocenters. The van der Waals surface area contributed by atoms with Crippen LogP contribution in [0.1, 0.15) is 28.9 Å². The van der Waals surface area contributed by atoms with Gasteiger partial charge in [0.1, 0.15) is 11.6 Å². The Bertz CT molecular complexity index is 779. The second kappa shape index (κ2) is 5.14. The van der Waals surface area contributed by atoms with Gasteiger partial charge in [0, 0.05) is 11.8 Å². The van der Waals surface area contributed by atoms with Crippen molar-refractivity contribution in [3.8, 4) is 5.75 Å². The number of fused-ring (bicyclic) bond motifs is 1. The summed E-state index contributed by atoms with van der Waals surface area (Å²) in [5.41, 5.74) is 8.97. The molecule has 0 radical (unpaired) electrons. The van der Waals surface area contributed by atoms with Crippen LogP contribution in [0.15, 0.2) is 30.3 Å². The van der Waals surface area contributed by atoms with E-state index < -0.39 is 0 Å². The lowest BCUT2D eigenvalue weighted by molar-refractivity contribution is 0.475. The van der Waals surface area contributed by atoms with Crippen molar-refractivity contribution in [3.63, 3.8) is 0 Å². The molecule has 6 heteroatoms. The maximum absolute atomic E-state index is 9.31. The van der Waals surface area contributed by atoms with Crippen LogP contribution in [0.4, 0.5) is 0 Å². The third kappa shape index (κ3) is 2.57. The monoisotopic (exact) mass is 283 g/mol. The molecule has 0 amide bonds. The normalized spacial score (nSPS) is 12.7. The average Bonchev–Trinajstić information content (AvgIpc) is 2.85. The summed E-state index contributed by atoms with van der Waals surface area (Å²) in [4.78, 5) is 4.43. The van der Waals surface area contributed by atoms with Crippen molar-refractivity contribution in [2.45, 2.75) is 26.3 Å². The summed E-state index contributed by atoms with van der Waals surface area (Å²) in [6.07, 6.45) is 0.619. The highest BCUT2D eigenvalue weighted by Crippen LogP contribution is 2.18. The molecule has 3 aromatic rings. The molecule has 108 valence electrons. The van der Waals surface area contributed by atoms with E-state index in [-0.39, 0.29) is 11.8 Å². The third-order valence-electron chi connectivity index (χ3n) is 3.44. The van der Waals surface area contributed by atoms with Crippen LogP contribution in [0.2, 0.25) is 0 Å². The number of aromatic hydroxyl groups is 1. The van der Waals surface area contributed by atoms with E-state index in [9.17, 15) is 5.11 Å². The van der Waals surface area contributed by atoms with E-state index in [1.165, 1.54) is 0 Å². The van der Waals surface area contributed by atoms with Crippen LogP contribution >= 0.6 is 0 Å². The first-order valence-corrected chi connectivity index (χ1v) is 6.77. The van der Waals surface area contributed by atoms with E-state index in [4.69, 9.17) is 5.73 Å². The molecule has 0 aliphatic heterocycles. The van der Waals surface area contributed by atoms with Crippen LogP contribution in [0.5, 0.6) is 5.75 Å². The maximum Gasteiger partial charge on any atom is 0.164 e. The number of hydrogen-bond donors (Lipinski definition) is 2. The molecule has 1 aromatic carbocycles. The fourth-order valence-corrected chi connectivity index (χ4v) is 2.48. The smallest absolute Gasteiger partial charge is 0.164 e. The van der Waals surface area contributed by atoms with Gasteiger partial charge in [-0.05, 0) is 38.0 Å². The fraction of sp³-hybridized carbons (Fsp3) is 0.267. The number of rotatable bonds is 3. The number of nitrogens with zero attached hydrogens (tertiary/aromatic N) is 4. The summed E-state index contributed by atoms with van der Waals surface area (Å²) in [6.45, 7) is 3.85. The SMILES string of the molecule is Cc1cc2nnc(C(N)Cc3ccc(O)cc3)n2c(C)n1. The number of aromatic nitrogens is 4. The van der Waals surface area contributed by atoms with Crippen molar-refractivity contribution in [1.82, 2.24) is 19.6 Å². The molecule has 0 fully saturated rings. The van der Waals surface area contributed by atoms with Crippen LogP contribution in [0.25, 0.3) is 5.65 Å². The number of hydrogen-bond acceptors (Lipinski definition) is 5. The maximum atomic E-state index is 9.31. The Hall–Kier alpha value is -2.47. The van der Waals surface area contributed by atoms with Gasteiger partial charge in [-0.1, -0.05) is 12.1 Å². The molecule has 3 rings (SSSR count). The van der Waals surface area contributed by atoms with E-state index in [2.05, 4.69) is 15.2 Å². The fourth-order valence-electron chi connectivity index (χ4n) is 2.48. The molecule has 2 heterocycles. The number of benzene rings is 1. The number of nitrogens with two attached hydrogens (primary N) is 1. The minimum Gasteiger partial charge on any atom is -0.508 e. The van der Waals surface area contributed by atoms with E-state index >= 15 is 0 Å². The molecule has 0 spiro atoms. The minimum absolute atomic E-state index is 0.246. The lowest BCUT2D eigenvalue weighted by Gasteiger charge is -2.11. The molecule has 1 atom stereocenters. The molecular weight excluding hydrogens is 266 g/mol. The van der Waals surface area contributed by atoms with E-state index in [0.29, 0.717) is 12.2 Å². The Morgan fingerprint density at radius 2 is 1.90 bits per heavy atom. The van der Waals surface area contributed by atoms with Crippen LogP contribution in [0.3, 0.4) is 0 Å². The molecule has 0 saturated carbocycles. The second-order valence-electron chi connectivity index (χ2n) is 5.17. The molecule has 6 nitrogen and oxygen atoms in total. The van der Waals surface area contributed by atoms with Gasteiger partial charge in [0.25, 0.3) is 0 Å². The predicted octanol–water partition coefficient (Wildman–Crippen LogP) is 1.69. The van der Waals surface area contributed by atoms with Crippen molar-refractivity contribution in [1.29, 1.82) is 0 Å². The van der Waals surface area contributed by atoms with Gasteiger partial charge in [0.05, 0.1) is 6.04 Å². The third-order valence-corrected chi connectivity index (χ3v) is 3.44. The number of phenolic OH excluding ortho intramolecular Hbond substituents is 1. The zero-order chi connectivity index (χ0) is 15.0. The van der Waals surface area contributed by atoms with Gasteiger partial charge in [-0.15, -0.1) is 10.2 Å². The Balaban J connectivity index is 1.94. The quantitative estimate of drug-likeness (QED) is 0.763. The first-order chi connectivity index (χ1) is 10.0. The van der Waals surface area contributed by atoms with Gasteiger partial charge in [-0.25, -0.2) is 4.98 Å². The van der Waals surface area contributed by atoms with Crippen molar-refractivity contribution in [2.75, 3.05) is 0 Å². The molecule has 0 aliphatic carbocycles. The van der Waals surface area contributed by atoms with Crippen molar-refractivity contribution < 1.29 is 5.11 Å². The Morgan fingerprint density at radius 1 is 1.19 bits per heavy atom. The number of phenols is 1. The first kappa shape index (κ1) is 13.5. The van der Waals surface area contributed by atoms with Gasteiger partial charge < -0.3 is 10.8 Å². The minimum atomic E-state index is -0.284. The summed E-state index contributed by atoms with van der Waals surface area (Å²) in [5, 5.41) is 17.7. The predicted molar refractivity (Wildman–Crippen MR) is 79.0 cm³/mol. The topological polar surface area (TPSA) is 89.3 Å². The highest BCUT2D eigenvalue weighted by Gasteiger charge is 2.16. The van der Waals surface area contributed by atoms with E-state index in [1.54, 1.807) is 12.1 Å². The lowest BCUT2D eigenvalue weighted by Crippen LogP contribution is -2.18. The molecule has 0 aliphatic rings. The van der Waals surface area contributed by atoms with Gasteiger partial charge in [-0.2, -0.15) is 0 Å². The summed E-state index contributed by atoms with van der Waals surface area (Å²) < 4.78 is 1.89. The zero-order valence-electron chi connectivity index (χ0n) is 12.0. The van der Waals surface area contributed by atoms with Gasteiger partial charge in [0.2, 0.25) is 0 Å². The molecular formula is C15H17N5O. The van der Waals surface area contributed by atoms with Gasteiger partial charge in [0.15, 0.2) is 11.5 Å². The molecule has 2 aromatic heterocycles. The second-order valence-corrected chi connectivity index (χ2v) is 5.17. The highest BCUT2D eigenvalue weighted by atomic mass is 16.3. The van der Waals surface area contributed by atoms with E-state index in [1.807, 2.05) is 36.4 Å². The van der Waals surface area contributed by atoms with E-state index in [0.717, 1.165) is 22.7 Å². The Kier molecular flexibility index (Phi) is 3.31. The Morgan fingerprint density at radius 3 is 2.62 bits per heavy atom. The van der Waals surface area contributed by atoms with Gasteiger partial charge >= 0.3 is 0 Å². The van der Waals surface area contributed by atoms with Crippen molar-refractivity contribution >= 4 is 5.65 Å². The van der Waals surface area contributed by atoms with Crippen LogP contribution < -0.4 is 5.73 Å². The molecule has 21 heavy (non-hydrogen) atoms. The Labute approximate surface area is 122 Å². The molecule has 0 saturated heterocycles. The van der Waals surface area contributed by atoms with Crippen molar-refractivity contribution in [3.05, 3.63) is 53.2 Å². The lowest BCUT2D eigenvalue weighted by atomic mass is 10.1. The number of aryl methyl sites for hydroxylation is 2. The van der Waals surface area contributed by atoms with Gasteiger partial charge in [-0.3, -0.25) is 4.40 Å². The largest absolute Gasteiger partial charge is 0.508 e. The summed E-state index contributed by atoms with van der Waals surface area (Å²) in [6, 6.07) is 8.62.